The van der Waals surface area contributed by atoms with Crippen molar-refractivity contribution >= 4 is 23.5 Å². The third-order valence-corrected chi connectivity index (χ3v) is 2.08. The van der Waals surface area contributed by atoms with Crippen LogP contribution in [0.25, 0.3) is 0 Å². The van der Waals surface area contributed by atoms with Gasteiger partial charge in [0.1, 0.15) is 0 Å². The lowest BCUT2D eigenvalue weighted by Crippen LogP contribution is -2.24. The van der Waals surface area contributed by atoms with Gasteiger partial charge in [-0.25, -0.2) is 0 Å². The Bertz CT molecular complexity index is 242. The highest BCUT2D eigenvalue weighted by Gasteiger charge is 1.98. The van der Waals surface area contributed by atoms with Crippen LogP contribution in [0.1, 0.15) is 40.0 Å². The maximum absolute atomic E-state index is 5.22. The van der Waals surface area contributed by atoms with Crippen molar-refractivity contribution in [3.63, 3.8) is 0 Å². The number of thiocarbonyl (C=S) groups is 1. The monoisotopic (exact) mass is 227 g/mol. The van der Waals surface area contributed by atoms with E-state index in [1.165, 1.54) is 12.0 Å². The maximum atomic E-state index is 5.22. The minimum Gasteiger partial charge on any atom is -0.375 e. The van der Waals surface area contributed by atoms with Gasteiger partial charge in [0, 0.05) is 6.21 Å². The van der Waals surface area contributed by atoms with Gasteiger partial charge in [0.2, 0.25) is 0 Å². The van der Waals surface area contributed by atoms with Crippen molar-refractivity contribution < 1.29 is 0 Å². The Labute approximate surface area is 97.8 Å². The minimum absolute atomic E-state index is 0.212. The second-order valence-electron chi connectivity index (χ2n) is 3.99. The molecule has 0 bridgehead atoms. The summed E-state index contributed by atoms with van der Waals surface area (Å²) in [7, 11) is 0. The molecule has 0 heterocycles. The number of hydrogen-bond donors (Lipinski definition) is 2. The van der Waals surface area contributed by atoms with Crippen molar-refractivity contribution in [1.29, 1.82) is 0 Å². The van der Waals surface area contributed by atoms with E-state index in [0.717, 1.165) is 12.8 Å². The lowest BCUT2D eigenvalue weighted by Gasteiger charge is -2.05. The molecule has 86 valence electrons. The molecule has 0 radical (unpaired) electrons. The van der Waals surface area contributed by atoms with Gasteiger partial charge in [-0.1, -0.05) is 18.6 Å². The molecule has 0 aromatic rings. The molecule has 4 heteroatoms. The number of nitrogens with zero attached hydrogens (tertiary/aromatic N) is 1. The molecule has 0 fully saturated rings. The number of nitrogens with two attached hydrogens (primary N) is 1. The highest BCUT2D eigenvalue weighted by molar-refractivity contribution is 7.80. The van der Waals surface area contributed by atoms with Gasteiger partial charge in [0.15, 0.2) is 5.11 Å². The van der Waals surface area contributed by atoms with Gasteiger partial charge in [-0.15, -0.1) is 0 Å². The highest BCUT2D eigenvalue weighted by Crippen LogP contribution is 2.10. The lowest BCUT2D eigenvalue weighted by molar-refractivity contribution is 0.562. The predicted octanol–water partition coefficient (Wildman–Crippen LogP) is 2.58. The van der Waals surface area contributed by atoms with Crippen LogP contribution in [0.5, 0.6) is 0 Å². The van der Waals surface area contributed by atoms with E-state index in [4.69, 9.17) is 5.73 Å². The van der Waals surface area contributed by atoms with Crippen LogP contribution < -0.4 is 11.2 Å². The Balaban J connectivity index is 3.57. The molecule has 0 aromatic carbocycles. The molecule has 0 rings (SSSR count). The zero-order valence-electron chi connectivity index (χ0n) is 9.79. The fourth-order valence-corrected chi connectivity index (χ4v) is 1.17. The first kappa shape index (κ1) is 14.1. The summed E-state index contributed by atoms with van der Waals surface area (Å²) in [5.74, 6) is 0.637. The first-order chi connectivity index (χ1) is 7.02. The lowest BCUT2D eigenvalue weighted by atomic mass is 10.0. The number of rotatable bonds is 6. The van der Waals surface area contributed by atoms with Crippen molar-refractivity contribution in [3.8, 4) is 0 Å². The first-order valence-electron chi connectivity index (χ1n) is 5.22. The Hall–Kier alpha value is -0.900. The van der Waals surface area contributed by atoms with Gasteiger partial charge >= 0.3 is 0 Å². The normalized spacial score (nSPS) is 12.5. The molecule has 0 spiro atoms. The van der Waals surface area contributed by atoms with Gasteiger partial charge in [0.05, 0.1) is 0 Å². The summed E-state index contributed by atoms with van der Waals surface area (Å²) in [5.41, 5.74) is 9.14. The molecular weight excluding hydrogens is 206 g/mol. The second-order valence-corrected chi connectivity index (χ2v) is 4.43. The average molecular weight is 227 g/mol. The number of allylic oxidation sites excluding steroid dienone is 2. The standard InChI is InChI=1S/C11H21N3S/c1-9(2)5-4-6-10(3)7-8-13-14-11(12)15/h5,8,10H,4,6-7H2,1-3H3,(H3,12,14,15)/b13-8+/t10-/m0/s1. The van der Waals surface area contributed by atoms with E-state index in [0.29, 0.717) is 5.92 Å². The molecule has 0 aliphatic rings. The van der Waals surface area contributed by atoms with Crippen molar-refractivity contribution in [2.45, 2.75) is 40.0 Å². The van der Waals surface area contributed by atoms with E-state index in [2.05, 4.69) is 49.6 Å². The Morgan fingerprint density at radius 1 is 1.53 bits per heavy atom. The van der Waals surface area contributed by atoms with E-state index in [9.17, 15) is 0 Å². The van der Waals surface area contributed by atoms with Crippen LogP contribution in [-0.4, -0.2) is 11.3 Å². The Morgan fingerprint density at radius 3 is 2.73 bits per heavy atom. The van der Waals surface area contributed by atoms with Crippen LogP contribution >= 0.6 is 12.2 Å². The van der Waals surface area contributed by atoms with Crippen LogP contribution in [0.3, 0.4) is 0 Å². The molecule has 0 aromatic heterocycles. The number of hydrogen-bond acceptors (Lipinski definition) is 2. The Morgan fingerprint density at radius 2 is 2.20 bits per heavy atom. The molecule has 0 aliphatic heterocycles. The van der Waals surface area contributed by atoms with Gasteiger partial charge in [-0.2, -0.15) is 5.10 Å². The molecule has 0 amide bonds. The maximum Gasteiger partial charge on any atom is 0.184 e. The quantitative estimate of drug-likeness (QED) is 0.317. The summed E-state index contributed by atoms with van der Waals surface area (Å²) < 4.78 is 0. The Kier molecular flexibility index (Phi) is 7.91. The van der Waals surface area contributed by atoms with Gasteiger partial charge in [-0.3, -0.25) is 5.43 Å². The van der Waals surface area contributed by atoms with Crippen LogP contribution in [0.2, 0.25) is 0 Å². The van der Waals surface area contributed by atoms with E-state index >= 15 is 0 Å². The van der Waals surface area contributed by atoms with Gasteiger partial charge < -0.3 is 5.73 Å². The third-order valence-electron chi connectivity index (χ3n) is 1.99. The number of hydrazone groups is 1. The van der Waals surface area contributed by atoms with Gasteiger partial charge in [-0.05, 0) is 51.2 Å². The average Bonchev–Trinajstić information content (AvgIpc) is 2.11. The molecule has 15 heavy (non-hydrogen) atoms. The fourth-order valence-electron chi connectivity index (χ4n) is 1.12. The van der Waals surface area contributed by atoms with E-state index in [-0.39, 0.29) is 5.11 Å². The summed E-state index contributed by atoms with van der Waals surface area (Å²) in [6, 6.07) is 0. The molecule has 3 nitrogen and oxygen atoms in total. The zero-order valence-corrected chi connectivity index (χ0v) is 10.6. The van der Waals surface area contributed by atoms with Crippen molar-refractivity contribution in [2.75, 3.05) is 0 Å². The number of nitrogens with one attached hydrogen (secondary N) is 1. The van der Waals surface area contributed by atoms with Crippen LogP contribution in [0.15, 0.2) is 16.8 Å². The van der Waals surface area contributed by atoms with E-state index in [1.54, 1.807) is 0 Å². The SMILES string of the molecule is CC(C)=CCC[C@H](C)C/C=N/NC(N)=S. The molecule has 1 atom stereocenters. The summed E-state index contributed by atoms with van der Waals surface area (Å²) >= 11 is 4.62. The summed E-state index contributed by atoms with van der Waals surface area (Å²) in [5, 5.41) is 4.11. The van der Waals surface area contributed by atoms with Crippen LogP contribution in [0.4, 0.5) is 0 Å². The van der Waals surface area contributed by atoms with Crippen LogP contribution in [-0.2, 0) is 0 Å². The molecule has 0 aliphatic carbocycles. The summed E-state index contributed by atoms with van der Waals surface area (Å²) in [6.45, 7) is 6.46. The van der Waals surface area contributed by atoms with Crippen molar-refractivity contribution in [3.05, 3.63) is 11.6 Å². The van der Waals surface area contributed by atoms with Crippen molar-refractivity contribution in [1.82, 2.24) is 5.43 Å². The van der Waals surface area contributed by atoms with Crippen molar-refractivity contribution in [2.24, 2.45) is 16.8 Å². The highest BCUT2D eigenvalue weighted by atomic mass is 32.1. The predicted molar refractivity (Wildman–Crippen MR) is 70.9 cm³/mol. The smallest absolute Gasteiger partial charge is 0.184 e. The molecule has 0 unspecified atom stereocenters. The fraction of sp³-hybridized carbons (Fsp3) is 0.636. The summed E-state index contributed by atoms with van der Waals surface area (Å²) in [6.07, 6.45) is 7.36. The van der Waals surface area contributed by atoms with E-state index < -0.39 is 0 Å². The first-order valence-corrected chi connectivity index (χ1v) is 5.63. The third kappa shape index (κ3) is 11.0. The van der Waals surface area contributed by atoms with Gasteiger partial charge in [0.25, 0.3) is 0 Å². The topological polar surface area (TPSA) is 50.4 Å². The van der Waals surface area contributed by atoms with E-state index in [1.807, 2.05) is 6.21 Å². The molecular formula is C11H21N3S. The zero-order chi connectivity index (χ0) is 11.7. The van der Waals surface area contributed by atoms with Crippen LogP contribution in [0, 0.1) is 5.92 Å². The molecule has 0 saturated carbocycles. The second kappa shape index (κ2) is 8.41. The molecule has 3 N–H and O–H groups in total. The molecule has 0 saturated heterocycles. The summed E-state index contributed by atoms with van der Waals surface area (Å²) in [4.78, 5) is 0. The largest absolute Gasteiger partial charge is 0.375 e. The minimum atomic E-state index is 0.212.